The van der Waals surface area contributed by atoms with Crippen LogP contribution >= 0.6 is 11.3 Å². The van der Waals surface area contributed by atoms with Crippen LogP contribution in [0.25, 0.3) is 0 Å². The Hall–Kier alpha value is -1.74. The van der Waals surface area contributed by atoms with Crippen molar-refractivity contribution in [2.24, 2.45) is 0 Å². The third-order valence-electron chi connectivity index (χ3n) is 1.86. The van der Waals surface area contributed by atoms with E-state index in [1.807, 2.05) is 11.4 Å². The van der Waals surface area contributed by atoms with Gasteiger partial charge in [0.05, 0.1) is 17.2 Å². The van der Waals surface area contributed by atoms with Gasteiger partial charge in [-0.2, -0.15) is 5.26 Å². The van der Waals surface area contributed by atoms with Gasteiger partial charge in [0.1, 0.15) is 12.4 Å². The first-order valence-corrected chi connectivity index (χ1v) is 5.42. The van der Waals surface area contributed by atoms with Crippen LogP contribution < -0.4 is 0 Å². The Morgan fingerprint density at radius 1 is 1.60 bits per heavy atom. The Labute approximate surface area is 91.0 Å². The fourth-order valence-corrected chi connectivity index (χ4v) is 1.91. The third kappa shape index (κ3) is 2.19. The van der Waals surface area contributed by atoms with E-state index >= 15 is 0 Å². The minimum Gasteiger partial charge on any atom is -0.246 e. The molecule has 0 spiro atoms. The number of nitrogens with zero attached hydrogens (tertiary/aromatic N) is 5. The van der Waals surface area contributed by atoms with Crippen LogP contribution in [-0.2, 0) is 13.0 Å². The van der Waals surface area contributed by atoms with Crippen LogP contribution in [0, 0.1) is 11.3 Å². The molecule has 2 aromatic rings. The number of aromatic nitrogens is 4. The molecule has 0 amide bonds. The predicted octanol–water partition coefficient (Wildman–Crippen LogP) is 1.22. The second kappa shape index (κ2) is 4.19. The molecule has 0 atom stereocenters. The lowest BCUT2D eigenvalue weighted by Gasteiger charge is -1.94. The molecule has 5 nitrogen and oxygen atoms in total. The van der Waals surface area contributed by atoms with Crippen LogP contribution in [-0.4, -0.2) is 19.7 Å². The summed E-state index contributed by atoms with van der Waals surface area (Å²) in [5.41, 5.74) is 0.964. The third-order valence-corrected chi connectivity index (χ3v) is 2.90. The topological polar surface area (TPSA) is 67.4 Å². The van der Waals surface area contributed by atoms with Crippen molar-refractivity contribution in [3.8, 4) is 6.07 Å². The molecule has 0 aliphatic rings. The molecule has 6 heteroatoms. The summed E-state index contributed by atoms with van der Waals surface area (Å²) in [6, 6.07) is 1.89. The van der Waals surface area contributed by atoms with E-state index in [1.54, 1.807) is 22.3 Å². The molecule has 0 N–H and O–H groups in total. The molecule has 0 saturated carbocycles. The summed E-state index contributed by atoms with van der Waals surface area (Å²) < 4.78 is 1.62. The van der Waals surface area contributed by atoms with Gasteiger partial charge in [-0.1, -0.05) is 6.92 Å². The van der Waals surface area contributed by atoms with Crippen molar-refractivity contribution in [2.75, 3.05) is 0 Å². The average Bonchev–Trinajstić information content (AvgIpc) is 2.87. The van der Waals surface area contributed by atoms with Crippen molar-refractivity contribution in [1.29, 1.82) is 5.26 Å². The van der Waals surface area contributed by atoms with Gasteiger partial charge in [0, 0.05) is 5.38 Å². The zero-order valence-electron chi connectivity index (χ0n) is 8.21. The van der Waals surface area contributed by atoms with Gasteiger partial charge in [0.15, 0.2) is 0 Å². The maximum absolute atomic E-state index is 8.56. The molecule has 0 bridgehead atoms. The molecule has 76 valence electrons. The second-order valence-corrected chi connectivity index (χ2v) is 3.91. The van der Waals surface area contributed by atoms with Crippen LogP contribution in [0.15, 0.2) is 11.7 Å². The first kappa shape index (κ1) is 9.80. The zero-order valence-corrected chi connectivity index (χ0v) is 9.03. The quantitative estimate of drug-likeness (QED) is 0.778. The van der Waals surface area contributed by atoms with Gasteiger partial charge in [-0.3, -0.25) is 0 Å². The van der Waals surface area contributed by atoms with E-state index in [9.17, 15) is 0 Å². The summed E-state index contributed by atoms with van der Waals surface area (Å²) in [6.45, 7) is 2.65. The minimum atomic E-state index is 0.195. The predicted molar refractivity (Wildman–Crippen MR) is 55.3 cm³/mol. The highest BCUT2D eigenvalue weighted by molar-refractivity contribution is 7.09. The first-order valence-electron chi connectivity index (χ1n) is 4.54. The van der Waals surface area contributed by atoms with Gasteiger partial charge in [-0.25, -0.2) is 14.6 Å². The Balaban J connectivity index is 2.11. The average molecular weight is 219 g/mol. The molecule has 0 aromatic carbocycles. The lowest BCUT2D eigenvalue weighted by Crippen LogP contribution is -2.01. The van der Waals surface area contributed by atoms with Gasteiger partial charge in [-0.05, 0) is 6.42 Å². The summed E-state index contributed by atoms with van der Waals surface area (Å²) in [7, 11) is 0. The largest absolute Gasteiger partial charge is 0.252 e. The monoisotopic (exact) mass is 219 g/mol. The molecule has 0 saturated heterocycles. The Bertz CT molecular complexity index is 493. The van der Waals surface area contributed by atoms with E-state index in [2.05, 4.69) is 22.0 Å². The number of rotatable bonds is 3. The Morgan fingerprint density at radius 3 is 3.07 bits per heavy atom. The molecule has 2 heterocycles. The Kier molecular flexibility index (Phi) is 2.74. The summed E-state index contributed by atoms with van der Waals surface area (Å²) in [5, 5.41) is 15.6. The summed E-state index contributed by atoms with van der Waals surface area (Å²) >= 11 is 1.64. The fraction of sp³-hybridized carbons (Fsp3) is 0.333. The molecule has 2 aromatic heterocycles. The number of hydrogen-bond donors (Lipinski definition) is 0. The van der Waals surface area contributed by atoms with Crippen molar-refractivity contribution < 1.29 is 0 Å². The normalized spacial score (nSPS) is 10.1. The first-order chi connectivity index (χ1) is 7.31. The van der Waals surface area contributed by atoms with E-state index in [0.717, 1.165) is 17.1 Å². The molecule has 0 unspecified atom stereocenters. The highest BCUT2D eigenvalue weighted by Crippen LogP contribution is 2.10. The summed E-state index contributed by atoms with van der Waals surface area (Å²) in [4.78, 5) is 8.23. The highest BCUT2D eigenvalue weighted by Gasteiger charge is 2.03. The maximum Gasteiger partial charge on any atom is 0.252 e. The van der Waals surface area contributed by atoms with E-state index in [-0.39, 0.29) is 5.82 Å². The van der Waals surface area contributed by atoms with Gasteiger partial charge < -0.3 is 0 Å². The molecular formula is C9H9N5S. The van der Waals surface area contributed by atoms with Crippen LogP contribution in [0.1, 0.15) is 23.4 Å². The Morgan fingerprint density at radius 2 is 2.47 bits per heavy atom. The molecule has 0 fully saturated rings. The number of thiazole rings is 1. The van der Waals surface area contributed by atoms with Crippen molar-refractivity contribution in [3.05, 3.63) is 28.2 Å². The lowest BCUT2D eigenvalue weighted by atomic mass is 10.5. The number of nitriles is 1. The van der Waals surface area contributed by atoms with Gasteiger partial charge in [-0.15, -0.1) is 16.4 Å². The van der Waals surface area contributed by atoms with Crippen LogP contribution in [0.2, 0.25) is 0 Å². The number of hydrogen-bond acceptors (Lipinski definition) is 5. The molecule has 2 rings (SSSR count). The van der Waals surface area contributed by atoms with Crippen molar-refractivity contribution >= 4 is 11.3 Å². The zero-order chi connectivity index (χ0) is 10.7. The van der Waals surface area contributed by atoms with Crippen LogP contribution in [0.3, 0.4) is 0 Å². The maximum atomic E-state index is 8.56. The van der Waals surface area contributed by atoms with Crippen LogP contribution in [0.4, 0.5) is 0 Å². The summed E-state index contributed by atoms with van der Waals surface area (Å²) in [6.07, 6.45) is 2.50. The van der Waals surface area contributed by atoms with Crippen molar-refractivity contribution in [3.63, 3.8) is 0 Å². The molecule has 0 radical (unpaired) electrons. The lowest BCUT2D eigenvalue weighted by molar-refractivity contribution is 0.670. The number of aryl methyl sites for hydroxylation is 1. The molecule has 0 aliphatic carbocycles. The van der Waals surface area contributed by atoms with E-state index in [0.29, 0.717) is 6.54 Å². The smallest absolute Gasteiger partial charge is 0.246 e. The minimum absolute atomic E-state index is 0.195. The van der Waals surface area contributed by atoms with Crippen molar-refractivity contribution in [1.82, 2.24) is 19.7 Å². The SMILES string of the molecule is CCc1nc(Cn2cnc(C#N)n2)cs1. The molecule has 0 aliphatic heterocycles. The fourth-order valence-electron chi connectivity index (χ4n) is 1.17. The second-order valence-electron chi connectivity index (χ2n) is 2.96. The molecule has 15 heavy (non-hydrogen) atoms. The molecular weight excluding hydrogens is 210 g/mol. The van der Waals surface area contributed by atoms with Gasteiger partial charge in [0.2, 0.25) is 0 Å². The van der Waals surface area contributed by atoms with Crippen LogP contribution in [0.5, 0.6) is 0 Å². The van der Waals surface area contributed by atoms with Gasteiger partial charge in [0.25, 0.3) is 5.82 Å². The summed E-state index contributed by atoms with van der Waals surface area (Å²) in [5.74, 6) is 0.195. The van der Waals surface area contributed by atoms with Crippen molar-refractivity contribution in [2.45, 2.75) is 19.9 Å². The van der Waals surface area contributed by atoms with E-state index in [1.165, 1.54) is 0 Å². The highest BCUT2D eigenvalue weighted by atomic mass is 32.1. The van der Waals surface area contributed by atoms with Gasteiger partial charge >= 0.3 is 0 Å². The van der Waals surface area contributed by atoms with E-state index in [4.69, 9.17) is 5.26 Å². The standard InChI is InChI=1S/C9H9N5S/c1-2-9-12-7(5-15-9)4-14-6-11-8(3-10)13-14/h5-6H,2,4H2,1H3. The van der Waals surface area contributed by atoms with E-state index < -0.39 is 0 Å².